The van der Waals surface area contributed by atoms with Gasteiger partial charge in [-0.25, -0.2) is 0 Å². The van der Waals surface area contributed by atoms with Gasteiger partial charge in [-0.3, -0.25) is 14.4 Å². The van der Waals surface area contributed by atoms with E-state index in [1.165, 1.54) is 6.92 Å². The highest BCUT2D eigenvalue weighted by molar-refractivity contribution is 6.04. The fourth-order valence-electron chi connectivity index (χ4n) is 1.58. The van der Waals surface area contributed by atoms with Crippen LogP contribution in [0.3, 0.4) is 0 Å². The average molecular weight is 262 g/mol. The van der Waals surface area contributed by atoms with Crippen LogP contribution in [-0.2, 0) is 9.59 Å². The van der Waals surface area contributed by atoms with Gasteiger partial charge < -0.3 is 10.6 Å². The van der Waals surface area contributed by atoms with Crippen molar-refractivity contribution in [3.63, 3.8) is 0 Å². The Balaban J connectivity index is 2.88. The molecule has 0 aliphatic carbocycles. The smallest absolute Gasteiger partial charge is 0.251 e. The number of ketones is 1. The Morgan fingerprint density at radius 3 is 2.47 bits per heavy atom. The number of hydrogen-bond donors (Lipinski definition) is 2. The fourth-order valence-corrected chi connectivity index (χ4v) is 1.58. The third kappa shape index (κ3) is 4.54. The van der Waals surface area contributed by atoms with Gasteiger partial charge in [0.25, 0.3) is 5.91 Å². The van der Waals surface area contributed by atoms with Crippen LogP contribution in [0.5, 0.6) is 0 Å². The van der Waals surface area contributed by atoms with Gasteiger partial charge in [0, 0.05) is 17.8 Å². The van der Waals surface area contributed by atoms with Crippen molar-refractivity contribution in [1.29, 1.82) is 0 Å². The van der Waals surface area contributed by atoms with E-state index in [0.29, 0.717) is 17.8 Å². The minimum Gasteiger partial charge on any atom is -0.352 e. The van der Waals surface area contributed by atoms with Crippen LogP contribution in [0.15, 0.2) is 18.2 Å². The zero-order valence-corrected chi connectivity index (χ0v) is 11.4. The van der Waals surface area contributed by atoms with Crippen LogP contribution >= 0.6 is 0 Å². The molecule has 0 aliphatic rings. The van der Waals surface area contributed by atoms with E-state index in [9.17, 15) is 14.4 Å². The van der Waals surface area contributed by atoms with Crippen LogP contribution in [0.2, 0.25) is 0 Å². The maximum Gasteiger partial charge on any atom is 0.251 e. The van der Waals surface area contributed by atoms with Crippen molar-refractivity contribution in [2.24, 2.45) is 0 Å². The number of carbonyl (C=O) groups excluding carboxylic acids is 3. The molecule has 1 aromatic carbocycles. The van der Waals surface area contributed by atoms with Crippen molar-refractivity contribution in [2.75, 3.05) is 11.9 Å². The second-order valence-corrected chi connectivity index (χ2v) is 4.32. The third-order valence-corrected chi connectivity index (χ3v) is 2.52. The third-order valence-electron chi connectivity index (χ3n) is 2.52. The minimum absolute atomic E-state index is 0.162. The van der Waals surface area contributed by atoms with Crippen LogP contribution < -0.4 is 10.6 Å². The average Bonchev–Trinajstić information content (AvgIpc) is 2.31. The number of rotatable bonds is 5. The summed E-state index contributed by atoms with van der Waals surface area (Å²) in [6.07, 6.45) is -0.162. The Bertz CT molecular complexity index is 509. The van der Waals surface area contributed by atoms with Gasteiger partial charge in [0.2, 0.25) is 5.91 Å². The molecule has 0 atom stereocenters. The van der Waals surface area contributed by atoms with Crippen LogP contribution in [0, 0.1) is 6.92 Å². The number of carbonyl (C=O) groups is 3. The van der Waals surface area contributed by atoms with Gasteiger partial charge in [-0.15, -0.1) is 0 Å². The van der Waals surface area contributed by atoms with Crippen molar-refractivity contribution in [3.05, 3.63) is 29.3 Å². The Hall–Kier alpha value is -2.17. The molecule has 0 aromatic heterocycles. The van der Waals surface area contributed by atoms with Gasteiger partial charge in [-0.2, -0.15) is 0 Å². The van der Waals surface area contributed by atoms with E-state index in [1.807, 2.05) is 13.8 Å². The van der Waals surface area contributed by atoms with Gasteiger partial charge in [-0.1, -0.05) is 6.07 Å². The lowest BCUT2D eigenvalue weighted by atomic mass is 10.1. The first-order valence-electron chi connectivity index (χ1n) is 6.12. The van der Waals surface area contributed by atoms with E-state index in [2.05, 4.69) is 10.6 Å². The molecule has 2 N–H and O–H groups in total. The van der Waals surface area contributed by atoms with Gasteiger partial charge >= 0.3 is 0 Å². The van der Waals surface area contributed by atoms with Crippen LogP contribution in [0.25, 0.3) is 0 Å². The predicted molar refractivity (Wildman–Crippen MR) is 73.1 cm³/mol. The molecule has 19 heavy (non-hydrogen) atoms. The molecule has 102 valence electrons. The van der Waals surface area contributed by atoms with Crippen LogP contribution in [0.1, 0.15) is 36.2 Å². The Morgan fingerprint density at radius 2 is 1.89 bits per heavy atom. The largest absolute Gasteiger partial charge is 0.352 e. The summed E-state index contributed by atoms with van der Waals surface area (Å²) in [5.41, 5.74) is 1.87. The molecule has 0 heterocycles. The molecule has 1 aromatic rings. The highest BCUT2D eigenvalue weighted by Gasteiger charge is 2.10. The topological polar surface area (TPSA) is 75.3 Å². The summed E-state index contributed by atoms with van der Waals surface area (Å²) >= 11 is 0. The SMILES string of the molecule is CCNC(=O)c1ccc(C)c(NC(=O)CC(C)=O)c1. The first-order valence-corrected chi connectivity index (χ1v) is 6.12. The summed E-state index contributed by atoms with van der Waals surface area (Å²) in [7, 11) is 0. The molecule has 2 amide bonds. The lowest BCUT2D eigenvalue weighted by molar-refractivity contribution is -0.124. The molecular formula is C14H18N2O3. The molecule has 0 saturated carbocycles. The van der Waals surface area contributed by atoms with Gasteiger partial charge in [-0.05, 0) is 38.5 Å². The van der Waals surface area contributed by atoms with Crippen LogP contribution in [0.4, 0.5) is 5.69 Å². The Labute approximate surface area is 112 Å². The number of benzene rings is 1. The summed E-state index contributed by atoms with van der Waals surface area (Å²) in [5.74, 6) is -0.761. The maximum atomic E-state index is 11.7. The molecule has 5 nitrogen and oxygen atoms in total. The molecule has 0 spiro atoms. The van der Waals surface area contributed by atoms with Gasteiger partial charge in [0.05, 0.1) is 6.42 Å². The fraction of sp³-hybridized carbons (Fsp3) is 0.357. The van der Waals surface area contributed by atoms with Gasteiger partial charge in [0.1, 0.15) is 5.78 Å². The Kier molecular flexibility index (Phi) is 5.23. The van der Waals surface area contributed by atoms with E-state index in [-0.39, 0.29) is 24.0 Å². The van der Waals surface area contributed by atoms with E-state index >= 15 is 0 Å². The summed E-state index contributed by atoms with van der Waals surface area (Å²) in [6, 6.07) is 5.06. The van der Waals surface area contributed by atoms with E-state index < -0.39 is 0 Å². The second-order valence-electron chi connectivity index (χ2n) is 4.32. The first-order chi connectivity index (χ1) is 8.93. The highest BCUT2D eigenvalue weighted by Crippen LogP contribution is 2.17. The quantitative estimate of drug-likeness (QED) is 0.792. The monoisotopic (exact) mass is 262 g/mol. The number of anilines is 1. The lowest BCUT2D eigenvalue weighted by Gasteiger charge is -2.10. The Morgan fingerprint density at radius 1 is 1.21 bits per heavy atom. The molecule has 5 heteroatoms. The number of aryl methyl sites for hydroxylation is 1. The summed E-state index contributed by atoms with van der Waals surface area (Å²) < 4.78 is 0. The number of hydrogen-bond acceptors (Lipinski definition) is 3. The molecule has 0 saturated heterocycles. The molecule has 0 fully saturated rings. The van der Waals surface area contributed by atoms with Crippen molar-refractivity contribution in [1.82, 2.24) is 5.32 Å². The van der Waals surface area contributed by atoms with E-state index in [0.717, 1.165) is 5.56 Å². The summed E-state index contributed by atoms with van der Waals surface area (Å²) in [4.78, 5) is 34.1. The van der Waals surface area contributed by atoms with Crippen molar-refractivity contribution in [3.8, 4) is 0 Å². The molecular weight excluding hydrogens is 244 g/mol. The molecule has 0 radical (unpaired) electrons. The maximum absolute atomic E-state index is 11.7. The summed E-state index contributed by atoms with van der Waals surface area (Å²) in [5, 5.41) is 5.33. The lowest BCUT2D eigenvalue weighted by Crippen LogP contribution is -2.23. The second kappa shape index (κ2) is 6.68. The molecule has 1 rings (SSSR count). The summed E-state index contributed by atoms with van der Waals surface area (Å²) in [6.45, 7) is 5.56. The zero-order valence-electron chi connectivity index (χ0n) is 11.4. The highest BCUT2D eigenvalue weighted by atomic mass is 16.2. The number of Topliss-reactive ketones (excluding diaryl/α,β-unsaturated/α-hetero) is 1. The number of nitrogens with one attached hydrogen (secondary N) is 2. The van der Waals surface area contributed by atoms with Crippen molar-refractivity contribution < 1.29 is 14.4 Å². The standard InChI is InChI=1S/C14H18N2O3/c1-4-15-14(19)11-6-5-9(2)12(8-11)16-13(18)7-10(3)17/h5-6,8H,4,7H2,1-3H3,(H,15,19)(H,16,18). The predicted octanol–water partition coefficient (Wildman–Crippen LogP) is 1.66. The normalized spacial score (nSPS) is 9.84. The minimum atomic E-state index is -0.372. The molecule has 0 bridgehead atoms. The van der Waals surface area contributed by atoms with E-state index in [4.69, 9.17) is 0 Å². The zero-order chi connectivity index (χ0) is 14.4. The van der Waals surface area contributed by atoms with Crippen molar-refractivity contribution in [2.45, 2.75) is 27.2 Å². The molecule has 0 unspecified atom stereocenters. The first kappa shape index (κ1) is 14.9. The molecule has 0 aliphatic heterocycles. The van der Waals surface area contributed by atoms with Crippen molar-refractivity contribution >= 4 is 23.3 Å². The van der Waals surface area contributed by atoms with Crippen LogP contribution in [-0.4, -0.2) is 24.1 Å². The van der Waals surface area contributed by atoms with Gasteiger partial charge in [0.15, 0.2) is 0 Å². The number of amides is 2. The van der Waals surface area contributed by atoms with E-state index in [1.54, 1.807) is 18.2 Å².